The van der Waals surface area contributed by atoms with Crippen LogP contribution < -0.4 is 5.32 Å². The Morgan fingerprint density at radius 1 is 1.50 bits per heavy atom. The van der Waals surface area contributed by atoms with Crippen LogP contribution in [-0.2, 0) is 6.42 Å². The van der Waals surface area contributed by atoms with Crippen LogP contribution >= 0.6 is 0 Å². The van der Waals surface area contributed by atoms with Crippen molar-refractivity contribution in [3.63, 3.8) is 0 Å². The molecule has 1 aliphatic heterocycles. The molecular formula is C10H12F2N2. The maximum absolute atomic E-state index is 13.2. The Bertz CT molecular complexity index is 322. The van der Waals surface area contributed by atoms with E-state index in [0.717, 1.165) is 31.8 Å². The van der Waals surface area contributed by atoms with Gasteiger partial charge < -0.3 is 5.32 Å². The first kappa shape index (κ1) is 9.52. The first-order valence-electron chi connectivity index (χ1n) is 4.76. The topological polar surface area (TPSA) is 24.9 Å². The Labute approximate surface area is 81.4 Å². The highest BCUT2D eigenvalue weighted by molar-refractivity contribution is 5.09. The maximum Gasteiger partial charge on any atom is 0.147 e. The molecule has 1 saturated heterocycles. The van der Waals surface area contributed by atoms with Gasteiger partial charge in [-0.25, -0.2) is 8.78 Å². The highest BCUT2D eigenvalue weighted by Gasteiger charge is 2.17. The molecule has 76 valence electrons. The summed E-state index contributed by atoms with van der Waals surface area (Å²) in [6.07, 6.45) is 2.71. The van der Waals surface area contributed by atoms with E-state index in [1.54, 1.807) is 0 Å². The smallest absolute Gasteiger partial charge is 0.147 e. The average Bonchev–Trinajstić information content (AvgIpc) is 2.62. The van der Waals surface area contributed by atoms with Gasteiger partial charge in [-0.15, -0.1) is 0 Å². The molecule has 2 heterocycles. The lowest BCUT2D eigenvalue weighted by Crippen LogP contribution is -2.12. The van der Waals surface area contributed by atoms with Crippen LogP contribution in [0.4, 0.5) is 8.78 Å². The quantitative estimate of drug-likeness (QED) is 0.779. The summed E-state index contributed by atoms with van der Waals surface area (Å²) in [5, 5.41) is 3.20. The summed E-state index contributed by atoms with van der Waals surface area (Å²) in [7, 11) is 0. The van der Waals surface area contributed by atoms with E-state index in [1.165, 1.54) is 0 Å². The zero-order valence-electron chi connectivity index (χ0n) is 7.76. The van der Waals surface area contributed by atoms with Gasteiger partial charge >= 0.3 is 0 Å². The van der Waals surface area contributed by atoms with Crippen LogP contribution in [0, 0.1) is 17.6 Å². The van der Waals surface area contributed by atoms with Crippen LogP contribution in [0.25, 0.3) is 0 Å². The number of rotatable bonds is 2. The van der Waals surface area contributed by atoms with Gasteiger partial charge in [-0.2, -0.15) is 0 Å². The van der Waals surface area contributed by atoms with Gasteiger partial charge in [-0.3, -0.25) is 4.98 Å². The average molecular weight is 198 g/mol. The maximum atomic E-state index is 13.2. The zero-order valence-corrected chi connectivity index (χ0v) is 7.76. The predicted octanol–water partition coefficient (Wildman–Crippen LogP) is 1.51. The van der Waals surface area contributed by atoms with E-state index in [-0.39, 0.29) is 0 Å². The van der Waals surface area contributed by atoms with Crippen LogP contribution in [0.15, 0.2) is 12.3 Å². The van der Waals surface area contributed by atoms with Crippen LogP contribution in [-0.4, -0.2) is 18.1 Å². The molecule has 1 aromatic heterocycles. The normalized spacial score (nSPS) is 21.4. The van der Waals surface area contributed by atoms with E-state index in [1.807, 2.05) is 0 Å². The number of nitrogens with one attached hydrogen (secondary N) is 1. The lowest BCUT2D eigenvalue weighted by Gasteiger charge is -2.07. The summed E-state index contributed by atoms with van der Waals surface area (Å²) in [5.74, 6) is -0.713. The van der Waals surface area contributed by atoms with Crippen molar-refractivity contribution in [2.24, 2.45) is 5.92 Å². The third kappa shape index (κ3) is 2.07. The van der Waals surface area contributed by atoms with Crippen LogP contribution in [0.2, 0.25) is 0 Å². The molecule has 14 heavy (non-hydrogen) atoms. The van der Waals surface area contributed by atoms with Crippen molar-refractivity contribution >= 4 is 0 Å². The highest BCUT2D eigenvalue weighted by atomic mass is 19.1. The number of hydrogen-bond acceptors (Lipinski definition) is 2. The van der Waals surface area contributed by atoms with E-state index in [9.17, 15) is 8.78 Å². The van der Waals surface area contributed by atoms with Crippen molar-refractivity contribution < 1.29 is 8.78 Å². The minimum Gasteiger partial charge on any atom is -0.316 e. The highest BCUT2D eigenvalue weighted by Crippen LogP contribution is 2.16. The van der Waals surface area contributed by atoms with Crippen molar-refractivity contribution in [2.75, 3.05) is 13.1 Å². The van der Waals surface area contributed by atoms with Gasteiger partial charge in [-0.1, -0.05) is 0 Å². The van der Waals surface area contributed by atoms with Gasteiger partial charge in [0.1, 0.15) is 11.6 Å². The fraction of sp³-hybridized carbons (Fsp3) is 0.500. The van der Waals surface area contributed by atoms with Gasteiger partial charge in [-0.05, 0) is 31.8 Å². The number of aromatic nitrogens is 1. The van der Waals surface area contributed by atoms with Gasteiger partial charge in [0, 0.05) is 6.07 Å². The standard InChI is InChI=1S/C10H12F2N2/c11-8-4-9(12)10(14-6-8)3-7-1-2-13-5-7/h4,6-7,13H,1-3,5H2. The molecule has 1 aromatic rings. The fourth-order valence-corrected chi connectivity index (χ4v) is 1.76. The Kier molecular flexibility index (Phi) is 2.72. The molecule has 1 atom stereocenters. The molecule has 4 heteroatoms. The van der Waals surface area contributed by atoms with Crippen LogP contribution in [0.3, 0.4) is 0 Å². The largest absolute Gasteiger partial charge is 0.316 e. The Morgan fingerprint density at radius 3 is 3.00 bits per heavy atom. The molecule has 0 aliphatic carbocycles. The molecule has 0 amide bonds. The Balaban J connectivity index is 2.08. The number of hydrogen-bond donors (Lipinski definition) is 1. The molecule has 1 aliphatic rings. The first-order chi connectivity index (χ1) is 6.75. The summed E-state index contributed by atoms with van der Waals surface area (Å²) in [6.45, 7) is 1.88. The Morgan fingerprint density at radius 2 is 2.36 bits per heavy atom. The summed E-state index contributed by atoms with van der Waals surface area (Å²) in [5.41, 5.74) is 0.375. The van der Waals surface area contributed by atoms with Gasteiger partial charge in [0.15, 0.2) is 0 Å². The molecule has 0 spiro atoms. The van der Waals surface area contributed by atoms with E-state index in [0.29, 0.717) is 18.0 Å². The molecular weight excluding hydrogens is 186 g/mol. The minimum absolute atomic E-state index is 0.375. The van der Waals surface area contributed by atoms with E-state index in [2.05, 4.69) is 10.3 Å². The molecule has 2 rings (SSSR count). The summed E-state index contributed by atoms with van der Waals surface area (Å²) >= 11 is 0. The van der Waals surface area contributed by atoms with Crippen molar-refractivity contribution in [1.29, 1.82) is 0 Å². The van der Waals surface area contributed by atoms with Gasteiger partial charge in [0.2, 0.25) is 0 Å². The van der Waals surface area contributed by atoms with Gasteiger partial charge in [0.05, 0.1) is 11.9 Å². The molecule has 0 saturated carbocycles. The van der Waals surface area contributed by atoms with Crippen LogP contribution in [0.1, 0.15) is 12.1 Å². The predicted molar refractivity (Wildman–Crippen MR) is 48.8 cm³/mol. The monoisotopic (exact) mass is 198 g/mol. The molecule has 1 unspecified atom stereocenters. The number of halogens is 2. The van der Waals surface area contributed by atoms with Crippen molar-refractivity contribution in [1.82, 2.24) is 10.3 Å². The van der Waals surface area contributed by atoms with Crippen molar-refractivity contribution in [3.8, 4) is 0 Å². The minimum atomic E-state index is -0.615. The Hall–Kier alpha value is -1.03. The lowest BCUT2D eigenvalue weighted by atomic mass is 10.0. The molecule has 0 bridgehead atoms. The first-order valence-corrected chi connectivity index (χ1v) is 4.76. The van der Waals surface area contributed by atoms with Gasteiger partial charge in [0.25, 0.3) is 0 Å². The van der Waals surface area contributed by atoms with E-state index >= 15 is 0 Å². The lowest BCUT2D eigenvalue weighted by molar-refractivity contribution is 0.516. The fourth-order valence-electron chi connectivity index (χ4n) is 1.76. The van der Waals surface area contributed by atoms with Crippen molar-refractivity contribution in [2.45, 2.75) is 12.8 Å². The van der Waals surface area contributed by atoms with Crippen molar-refractivity contribution in [3.05, 3.63) is 29.6 Å². The van der Waals surface area contributed by atoms with E-state index < -0.39 is 11.6 Å². The molecule has 0 aromatic carbocycles. The number of pyridine rings is 1. The molecule has 2 nitrogen and oxygen atoms in total. The second-order valence-corrected chi connectivity index (χ2v) is 3.65. The second-order valence-electron chi connectivity index (χ2n) is 3.65. The zero-order chi connectivity index (χ0) is 9.97. The summed E-state index contributed by atoms with van der Waals surface area (Å²) < 4.78 is 25.7. The summed E-state index contributed by atoms with van der Waals surface area (Å²) in [4.78, 5) is 3.76. The molecule has 1 N–H and O–H groups in total. The number of nitrogens with zero attached hydrogens (tertiary/aromatic N) is 1. The third-order valence-electron chi connectivity index (χ3n) is 2.53. The van der Waals surface area contributed by atoms with E-state index in [4.69, 9.17) is 0 Å². The molecule has 0 radical (unpaired) electrons. The summed E-state index contributed by atoms with van der Waals surface area (Å²) in [6, 6.07) is 0.894. The second kappa shape index (κ2) is 4.00. The molecule has 1 fully saturated rings. The third-order valence-corrected chi connectivity index (χ3v) is 2.53. The van der Waals surface area contributed by atoms with Crippen LogP contribution in [0.5, 0.6) is 0 Å². The SMILES string of the molecule is Fc1cnc(CC2CCNC2)c(F)c1.